The minimum Gasteiger partial charge on any atom is -0.441 e. The Morgan fingerprint density at radius 3 is 2.77 bits per heavy atom. The van der Waals surface area contributed by atoms with E-state index in [0.717, 1.165) is 16.8 Å². The molecule has 1 saturated carbocycles. The van der Waals surface area contributed by atoms with Gasteiger partial charge in [-0.25, -0.2) is 4.98 Å². The standard InChI is InChI=1S/C18H22N2O2/c1-10(2)8-13-16(18(13,4)5)17(21)20-12-6-7-15-14(9-12)19-11(3)22-15/h6-9,13,16H,1-5H3,(H,20,21)/t13-,16-/m0/s1. The predicted octanol–water partition coefficient (Wildman–Crippen LogP) is 4.31. The number of nitrogens with zero attached hydrogens (tertiary/aromatic N) is 1. The first-order chi connectivity index (χ1) is 10.3. The zero-order valence-corrected chi connectivity index (χ0v) is 13.7. The summed E-state index contributed by atoms with van der Waals surface area (Å²) in [5.74, 6) is 1.05. The molecule has 0 unspecified atom stereocenters. The third kappa shape index (κ3) is 2.54. The Kier molecular flexibility index (Phi) is 3.35. The topological polar surface area (TPSA) is 55.1 Å². The van der Waals surface area contributed by atoms with Crippen molar-refractivity contribution in [2.24, 2.45) is 17.3 Å². The first-order valence-corrected chi connectivity index (χ1v) is 7.62. The molecular formula is C18H22N2O2. The van der Waals surface area contributed by atoms with E-state index < -0.39 is 0 Å². The lowest BCUT2D eigenvalue weighted by Gasteiger charge is -2.05. The van der Waals surface area contributed by atoms with E-state index in [-0.39, 0.29) is 17.2 Å². The van der Waals surface area contributed by atoms with Crippen molar-refractivity contribution in [2.45, 2.75) is 34.6 Å². The van der Waals surface area contributed by atoms with E-state index in [4.69, 9.17) is 4.42 Å². The molecule has 1 amide bonds. The molecule has 0 radical (unpaired) electrons. The van der Waals surface area contributed by atoms with Crippen molar-refractivity contribution in [3.8, 4) is 0 Å². The zero-order chi connectivity index (χ0) is 16.1. The number of oxazole rings is 1. The summed E-state index contributed by atoms with van der Waals surface area (Å²) in [6.07, 6.45) is 2.20. The Bertz CT molecular complexity index is 766. The van der Waals surface area contributed by atoms with Crippen LogP contribution in [0.1, 0.15) is 33.6 Å². The molecule has 0 spiro atoms. The van der Waals surface area contributed by atoms with Gasteiger partial charge in [0.25, 0.3) is 0 Å². The second-order valence-corrected chi connectivity index (χ2v) is 6.97. The Labute approximate surface area is 130 Å². The fourth-order valence-electron chi connectivity index (χ4n) is 3.19. The van der Waals surface area contributed by atoms with E-state index in [1.165, 1.54) is 5.57 Å². The van der Waals surface area contributed by atoms with Crippen LogP contribution in [0.3, 0.4) is 0 Å². The molecule has 1 aliphatic rings. The number of aromatic nitrogens is 1. The van der Waals surface area contributed by atoms with Crippen LogP contribution in [0.4, 0.5) is 5.69 Å². The van der Waals surface area contributed by atoms with Crippen LogP contribution in [-0.2, 0) is 4.79 Å². The molecule has 1 N–H and O–H groups in total. The first kappa shape index (κ1) is 14.8. The van der Waals surface area contributed by atoms with Crippen LogP contribution in [0.15, 0.2) is 34.3 Å². The number of anilines is 1. The highest BCUT2D eigenvalue weighted by Crippen LogP contribution is 2.59. The summed E-state index contributed by atoms with van der Waals surface area (Å²) in [4.78, 5) is 16.8. The molecule has 1 aromatic heterocycles. The van der Waals surface area contributed by atoms with Gasteiger partial charge < -0.3 is 9.73 Å². The number of hydrogen-bond donors (Lipinski definition) is 1. The number of fused-ring (bicyclic) bond motifs is 1. The van der Waals surface area contributed by atoms with E-state index in [2.05, 4.69) is 44.1 Å². The van der Waals surface area contributed by atoms with Gasteiger partial charge >= 0.3 is 0 Å². The Morgan fingerprint density at radius 2 is 2.09 bits per heavy atom. The van der Waals surface area contributed by atoms with Gasteiger partial charge in [0.05, 0.1) is 5.92 Å². The lowest BCUT2D eigenvalue weighted by atomic mass is 10.1. The Morgan fingerprint density at radius 1 is 1.36 bits per heavy atom. The molecule has 1 fully saturated rings. The van der Waals surface area contributed by atoms with Crippen molar-refractivity contribution < 1.29 is 9.21 Å². The van der Waals surface area contributed by atoms with Gasteiger partial charge in [0, 0.05) is 12.6 Å². The molecule has 3 rings (SSSR count). The van der Waals surface area contributed by atoms with Crippen LogP contribution in [0, 0.1) is 24.2 Å². The minimum absolute atomic E-state index is 0.0237. The summed E-state index contributed by atoms with van der Waals surface area (Å²) >= 11 is 0. The smallest absolute Gasteiger partial charge is 0.228 e. The molecule has 1 aromatic carbocycles. The lowest BCUT2D eigenvalue weighted by Crippen LogP contribution is -2.16. The van der Waals surface area contributed by atoms with Gasteiger partial charge in [-0.15, -0.1) is 0 Å². The molecule has 0 saturated heterocycles. The first-order valence-electron chi connectivity index (χ1n) is 7.62. The quantitative estimate of drug-likeness (QED) is 0.859. The van der Waals surface area contributed by atoms with Crippen molar-refractivity contribution in [1.29, 1.82) is 0 Å². The Balaban J connectivity index is 1.77. The number of benzene rings is 1. The summed E-state index contributed by atoms with van der Waals surface area (Å²) in [6.45, 7) is 10.3. The molecule has 1 aliphatic carbocycles. The predicted molar refractivity (Wildman–Crippen MR) is 87.6 cm³/mol. The molecule has 22 heavy (non-hydrogen) atoms. The van der Waals surface area contributed by atoms with Crippen molar-refractivity contribution >= 4 is 22.7 Å². The maximum Gasteiger partial charge on any atom is 0.228 e. The van der Waals surface area contributed by atoms with E-state index >= 15 is 0 Å². The summed E-state index contributed by atoms with van der Waals surface area (Å²) in [7, 11) is 0. The molecule has 116 valence electrons. The SMILES string of the molecule is CC(C)=C[C@H]1[C@@H](C(=O)Nc2ccc3oc(C)nc3c2)C1(C)C. The lowest BCUT2D eigenvalue weighted by molar-refractivity contribution is -0.118. The maximum absolute atomic E-state index is 12.5. The number of carbonyl (C=O) groups excluding carboxylic acids is 1. The number of aryl methyl sites for hydroxylation is 1. The largest absolute Gasteiger partial charge is 0.441 e. The maximum atomic E-state index is 12.5. The van der Waals surface area contributed by atoms with Gasteiger partial charge in [0.1, 0.15) is 5.52 Å². The summed E-state index contributed by atoms with van der Waals surface area (Å²) in [5.41, 5.74) is 3.56. The number of rotatable bonds is 3. The average molecular weight is 298 g/mol. The van der Waals surface area contributed by atoms with E-state index in [1.54, 1.807) is 0 Å². The second kappa shape index (κ2) is 4.97. The average Bonchev–Trinajstić information content (AvgIpc) is 2.75. The molecule has 0 aliphatic heterocycles. The highest BCUT2D eigenvalue weighted by atomic mass is 16.3. The summed E-state index contributed by atoms with van der Waals surface area (Å²) in [5, 5.41) is 3.01. The highest BCUT2D eigenvalue weighted by molar-refractivity contribution is 5.97. The van der Waals surface area contributed by atoms with E-state index in [0.29, 0.717) is 11.8 Å². The van der Waals surface area contributed by atoms with Crippen molar-refractivity contribution in [3.05, 3.63) is 35.7 Å². The third-order valence-corrected chi connectivity index (χ3v) is 4.47. The van der Waals surface area contributed by atoms with Crippen molar-refractivity contribution in [2.75, 3.05) is 5.32 Å². The summed E-state index contributed by atoms with van der Waals surface area (Å²) < 4.78 is 5.45. The normalized spacial score (nSPS) is 22.4. The van der Waals surface area contributed by atoms with Crippen LogP contribution in [0.5, 0.6) is 0 Å². The molecule has 0 bridgehead atoms. The molecule has 4 heteroatoms. The summed E-state index contributed by atoms with van der Waals surface area (Å²) in [6, 6.07) is 5.56. The number of allylic oxidation sites excluding steroid dienone is 2. The second-order valence-electron chi connectivity index (χ2n) is 6.97. The molecular weight excluding hydrogens is 276 g/mol. The van der Waals surface area contributed by atoms with Crippen LogP contribution in [0.25, 0.3) is 11.1 Å². The molecule has 1 heterocycles. The van der Waals surface area contributed by atoms with Crippen LogP contribution >= 0.6 is 0 Å². The fourth-order valence-corrected chi connectivity index (χ4v) is 3.19. The highest BCUT2D eigenvalue weighted by Gasteiger charge is 2.60. The van der Waals surface area contributed by atoms with Crippen LogP contribution in [0.2, 0.25) is 0 Å². The van der Waals surface area contributed by atoms with Gasteiger partial charge in [0.2, 0.25) is 5.91 Å². The fraction of sp³-hybridized carbons (Fsp3) is 0.444. The number of hydrogen-bond acceptors (Lipinski definition) is 3. The number of amides is 1. The van der Waals surface area contributed by atoms with Crippen LogP contribution in [-0.4, -0.2) is 10.9 Å². The van der Waals surface area contributed by atoms with Gasteiger partial charge in [-0.05, 0) is 43.4 Å². The van der Waals surface area contributed by atoms with Crippen molar-refractivity contribution in [3.63, 3.8) is 0 Å². The van der Waals surface area contributed by atoms with Gasteiger partial charge in [-0.2, -0.15) is 0 Å². The monoisotopic (exact) mass is 298 g/mol. The molecule has 2 atom stereocenters. The van der Waals surface area contributed by atoms with Gasteiger partial charge in [0.15, 0.2) is 11.5 Å². The van der Waals surface area contributed by atoms with Gasteiger partial charge in [-0.3, -0.25) is 4.79 Å². The van der Waals surface area contributed by atoms with Crippen LogP contribution < -0.4 is 5.32 Å². The molecule has 4 nitrogen and oxygen atoms in total. The van der Waals surface area contributed by atoms with Crippen molar-refractivity contribution in [1.82, 2.24) is 4.98 Å². The van der Waals surface area contributed by atoms with E-state index in [1.807, 2.05) is 25.1 Å². The zero-order valence-electron chi connectivity index (χ0n) is 13.7. The third-order valence-electron chi connectivity index (χ3n) is 4.47. The van der Waals surface area contributed by atoms with Gasteiger partial charge in [-0.1, -0.05) is 25.5 Å². The number of nitrogens with one attached hydrogen (secondary N) is 1. The number of carbonyl (C=O) groups is 1. The minimum atomic E-state index is 0.0237. The Hall–Kier alpha value is -2.10. The molecule has 2 aromatic rings. The van der Waals surface area contributed by atoms with E-state index in [9.17, 15) is 4.79 Å².